The van der Waals surface area contributed by atoms with Crippen molar-refractivity contribution < 1.29 is 14.6 Å². The molecule has 2 aliphatic rings. The Bertz CT molecular complexity index is 350. The molecule has 110 valence electrons. The van der Waals surface area contributed by atoms with Crippen molar-refractivity contribution in [2.45, 2.75) is 65.1 Å². The molecule has 0 aromatic carbocycles. The second-order valence-corrected chi connectivity index (χ2v) is 7.44. The number of nitrogens with zero attached hydrogens (tertiary/aromatic N) is 1. The molecule has 1 amide bonds. The van der Waals surface area contributed by atoms with Gasteiger partial charge in [-0.25, -0.2) is 4.79 Å². The maximum absolute atomic E-state index is 12.1. The van der Waals surface area contributed by atoms with Gasteiger partial charge >= 0.3 is 6.09 Å². The second-order valence-electron chi connectivity index (χ2n) is 7.44. The number of rotatable bonds is 0. The van der Waals surface area contributed by atoms with Crippen molar-refractivity contribution in [2.75, 3.05) is 13.1 Å². The molecule has 0 aromatic rings. The van der Waals surface area contributed by atoms with Gasteiger partial charge < -0.3 is 14.7 Å². The van der Waals surface area contributed by atoms with E-state index in [9.17, 15) is 9.90 Å². The van der Waals surface area contributed by atoms with E-state index in [1.54, 1.807) is 0 Å². The summed E-state index contributed by atoms with van der Waals surface area (Å²) in [5.41, 5.74) is -0.210. The molecule has 0 aromatic heterocycles. The third-order valence-corrected chi connectivity index (χ3v) is 4.47. The minimum absolute atomic E-state index is 0.166. The van der Waals surface area contributed by atoms with Crippen LogP contribution in [0.25, 0.3) is 0 Å². The van der Waals surface area contributed by atoms with Crippen molar-refractivity contribution in [1.82, 2.24) is 4.90 Å². The van der Waals surface area contributed by atoms with Crippen LogP contribution in [0.3, 0.4) is 0 Å². The lowest BCUT2D eigenvalue weighted by atomic mass is 9.68. The Morgan fingerprint density at radius 1 is 1.37 bits per heavy atom. The number of ether oxygens (including phenoxy) is 1. The van der Waals surface area contributed by atoms with Crippen LogP contribution >= 0.6 is 0 Å². The fourth-order valence-corrected chi connectivity index (χ4v) is 3.45. The fourth-order valence-electron chi connectivity index (χ4n) is 3.45. The quantitative estimate of drug-likeness (QED) is 0.735. The smallest absolute Gasteiger partial charge is 0.410 e. The number of hydrogen-bond acceptors (Lipinski definition) is 3. The Morgan fingerprint density at radius 2 is 2.05 bits per heavy atom. The van der Waals surface area contributed by atoms with Gasteiger partial charge in [0.05, 0.1) is 6.10 Å². The highest BCUT2D eigenvalue weighted by molar-refractivity contribution is 5.68. The van der Waals surface area contributed by atoms with Gasteiger partial charge in [0.15, 0.2) is 0 Å². The summed E-state index contributed by atoms with van der Waals surface area (Å²) < 4.78 is 5.44. The van der Waals surface area contributed by atoms with Crippen molar-refractivity contribution in [3.63, 3.8) is 0 Å². The fraction of sp³-hybridized carbons (Fsp3) is 0.933. The molecule has 1 N–H and O–H groups in total. The molecule has 4 heteroatoms. The summed E-state index contributed by atoms with van der Waals surface area (Å²) in [5, 5.41) is 9.84. The Balaban J connectivity index is 1.94. The number of aliphatic hydroxyl groups excluding tert-OH is 1. The average Bonchev–Trinajstić information content (AvgIpc) is 2.66. The monoisotopic (exact) mass is 269 g/mol. The van der Waals surface area contributed by atoms with Gasteiger partial charge in [-0.3, -0.25) is 0 Å². The number of amides is 1. The summed E-state index contributed by atoms with van der Waals surface area (Å²) in [6.07, 6.45) is 3.60. The zero-order valence-corrected chi connectivity index (χ0v) is 12.6. The van der Waals surface area contributed by atoms with Crippen LogP contribution in [0.15, 0.2) is 0 Å². The van der Waals surface area contributed by atoms with E-state index < -0.39 is 5.60 Å². The van der Waals surface area contributed by atoms with E-state index in [2.05, 4.69) is 6.92 Å². The van der Waals surface area contributed by atoms with Gasteiger partial charge in [-0.05, 0) is 57.8 Å². The minimum atomic E-state index is -0.428. The van der Waals surface area contributed by atoms with Crippen molar-refractivity contribution in [2.24, 2.45) is 11.3 Å². The highest BCUT2D eigenvalue weighted by Gasteiger charge is 2.45. The van der Waals surface area contributed by atoms with Crippen molar-refractivity contribution in [3.05, 3.63) is 0 Å². The summed E-state index contributed by atoms with van der Waals surface area (Å²) >= 11 is 0. The van der Waals surface area contributed by atoms with Crippen molar-refractivity contribution in [3.8, 4) is 0 Å². The van der Waals surface area contributed by atoms with Crippen molar-refractivity contribution >= 4 is 6.09 Å². The van der Waals surface area contributed by atoms with Gasteiger partial charge in [0.1, 0.15) is 5.60 Å². The number of aliphatic hydroxyl groups is 1. The second kappa shape index (κ2) is 4.97. The first-order valence-corrected chi connectivity index (χ1v) is 7.37. The SMILES string of the molecule is C[C@@H]1C[C@]2(CC[C@@H]1O)CCN(C(=O)OC(C)(C)C)C2. The average molecular weight is 269 g/mol. The van der Waals surface area contributed by atoms with E-state index in [-0.39, 0.29) is 17.6 Å². The summed E-state index contributed by atoms with van der Waals surface area (Å²) in [6.45, 7) is 9.39. The third kappa shape index (κ3) is 3.41. The predicted octanol–water partition coefficient (Wildman–Crippen LogP) is 2.79. The molecule has 2 fully saturated rings. The Labute approximate surface area is 116 Å². The normalized spacial score (nSPS) is 35.7. The van der Waals surface area contributed by atoms with Crippen LogP contribution in [0.5, 0.6) is 0 Å². The first kappa shape index (κ1) is 14.6. The highest BCUT2D eigenvalue weighted by Crippen LogP contribution is 2.46. The van der Waals surface area contributed by atoms with Crippen LogP contribution in [0.4, 0.5) is 4.79 Å². The van der Waals surface area contributed by atoms with E-state index in [0.29, 0.717) is 5.92 Å². The van der Waals surface area contributed by atoms with Gasteiger partial charge in [0, 0.05) is 13.1 Å². The zero-order chi connectivity index (χ0) is 14.3. The van der Waals surface area contributed by atoms with Gasteiger partial charge in [0.2, 0.25) is 0 Å². The Hall–Kier alpha value is -0.770. The lowest BCUT2D eigenvalue weighted by Crippen LogP contribution is -2.40. The number of carbonyl (C=O) groups is 1. The molecule has 1 aliphatic carbocycles. The minimum Gasteiger partial charge on any atom is -0.444 e. The number of likely N-dealkylation sites (tertiary alicyclic amines) is 1. The summed E-state index contributed by atoms with van der Waals surface area (Å²) in [6, 6.07) is 0. The van der Waals surface area contributed by atoms with Crippen molar-refractivity contribution in [1.29, 1.82) is 0 Å². The topological polar surface area (TPSA) is 49.8 Å². The summed E-state index contributed by atoms with van der Waals surface area (Å²) in [4.78, 5) is 13.9. The molecule has 1 saturated carbocycles. The lowest BCUT2D eigenvalue weighted by Gasteiger charge is -2.39. The molecule has 0 unspecified atom stereocenters. The van der Waals surface area contributed by atoms with E-state index in [1.165, 1.54) is 0 Å². The molecule has 4 nitrogen and oxygen atoms in total. The van der Waals surface area contributed by atoms with Crippen LogP contribution in [-0.4, -0.2) is 40.9 Å². The Morgan fingerprint density at radius 3 is 2.63 bits per heavy atom. The van der Waals surface area contributed by atoms with Crippen LogP contribution in [0.1, 0.15) is 53.4 Å². The number of carbonyl (C=O) groups excluding carboxylic acids is 1. The molecule has 2 rings (SSSR count). The molecule has 3 atom stereocenters. The summed E-state index contributed by atoms with van der Waals surface area (Å²) in [5.74, 6) is 0.340. The lowest BCUT2D eigenvalue weighted by molar-refractivity contribution is 0.00960. The summed E-state index contributed by atoms with van der Waals surface area (Å²) in [7, 11) is 0. The maximum Gasteiger partial charge on any atom is 0.410 e. The van der Waals surface area contributed by atoms with Crippen LogP contribution in [0.2, 0.25) is 0 Å². The van der Waals surface area contributed by atoms with Gasteiger partial charge in [-0.2, -0.15) is 0 Å². The molecule has 1 aliphatic heterocycles. The van der Waals surface area contributed by atoms with Gasteiger partial charge in [-0.15, -0.1) is 0 Å². The molecular formula is C15H27NO3. The molecule has 0 bridgehead atoms. The van der Waals surface area contributed by atoms with E-state index >= 15 is 0 Å². The van der Waals surface area contributed by atoms with Crippen LogP contribution < -0.4 is 0 Å². The first-order valence-electron chi connectivity index (χ1n) is 7.37. The van der Waals surface area contributed by atoms with E-state index in [1.807, 2.05) is 25.7 Å². The molecule has 1 saturated heterocycles. The number of hydrogen-bond donors (Lipinski definition) is 1. The van der Waals surface area contributed by atoms with Crippen LogP contribution in [-0.2, 0) is 4.74 Å². The first-order chi connectivity index (χ1) is 8.71. The van der Waals surface area contributed by atoms with Gasteiger partial charge in [0.25, 0.3) is 0 Å². The van der Waals surface area contributed by atoms with Gasteiger partial charge in [-0.1, -0.05) is 6.92 Å². The third-order valence-electron chi connectivity index (χ3n) is 4.47. The largest absolute Gasteiger partial charge is 0.444 e. The Kier molecular flexibility index (Phi) is 3.83. The molecule has 19 heavy (non-hydrogen) atoms. The van der Waals surface area contributed by atoms with E-state index in [4.69, 9.17) is 4.74 Å². The standard InChI is InChI=1S/C15H27NO3/c1-11-9-15(6-5-12(11)17)7-8-16(10-15)13(18)19-14(2,3)4/h11-12,17H,5-10H2,1-4H3/t11-,12+,15+/m1/s1. The van der Waals surface area contributed by atoms with Crippen LogP contribution in [0, 0.1) is 11.3 Å². The zero-order valence-electron chi connectivity index (χ0n) is 12.6. The van der Waals surface area contributed by atoms with E-state index in [0.717, 1.165) is 38.8 Å². The maximum atomic E-state index is 12.1. The molecule has 0 radical (unpaired) electrons. The predicted molar refractivity (Wildman–Crippen MR) is 73.9 cm³/mol. The molecule has 1 heterocycles. The highest BCUT2D eigenvalue weighted by atomic mass is 16.6. The molecule has 1 spiro atoms. The molecular weight excluding hydrogens is 242 g/mol.